The molecule has 2 heterocycles. The van der Waals surface area contributed by atoms with Crippen LogP contribution in [-0.4, -0.2) is 22.0 Å². The minimum Gasteiger partial charge on any atom is -0.356 e. The van der Waals surface area contributed by atoms with Gasteiger partial charge in [0.1, 0.15) is 0 Å². The van der Waals surface area contributed by atoms with E-state index >= 15 is 0 Å². The van der Waals surface area contributed by atoms with Crippen LogP contribution in [0, 0.1) is 0 Å². The zero-order valence-electron chi connectivity index (χ0n) is 12.7. The van der Waals surface area contributed by atoms with Crippen LogP contribution in [0.15, 0.2) is 34.6 Å². The first-order valence-electron chi connectivity index (χ1n) is 7.54. The number of rotatable bonds is 8. The van der Waals surface area contributed by atoms with Crippen LogP contribution in [-0.2, 0) is 24.2 Å². The number of aryl methyl sites for hydroxylation is 2. The quantitative estimate of drug-likeness (QED) is 0.757. The number of hydrogen-bond donors (Lipinski definition) is 1. The fourth-order valence-electron chi connectivity index (χ4n) is 2.10. The summed E-state index contributed by atoms with van der Waals surface area (Å²) in [5, 5.41) is 5.91. The Labute approximate surface area is 134 Å². The van der Waals surface area contributed by atoms with E-state index in [1.54, 1.807) is 34.2 Å². The Morgan fingerprint density at radius 1 is 1.36 bits per heavy atom. The fourth-order valence-corrected chi connectivity index (χ4v) is 2.84. The van der Waals surface area contributed by atoms with Crippen LogP contribution in [0.25, 0.3) is 0 Å². The van der Waals surface area contributed by atoms with E-state index < -0.39 is 0 Å². The normalized spacial score (nSPS) is 10.6. The van der Waals surface area contributed by atoms with Gasteiger partial charge in [-0.3, -0.25) is 9.59 Å². The number of nitrogens with zero attached hydrogens (tertiary/aromatic N) is 2. The average Bonchev–Trinajstić information content (AvgIpc) is 2.96. The molecular formula is C16H21N3O2S. The van der Waals surface area contributed by atoms with Gasteiger partial charge in [-0.25, -0.2) is 4.98 Å². The lowest BCUT2D eigenvalue weighted by Crippen LogP contribution is -2.26. The molecule has 0 aromatic carbocycles. The lowest BCUT2D eigenvalue weighted by Gasteiger charge is -2.06. The molecule has 0 aliphatic rings. The summed E-state index contributed by atoms with van der Waals surface area (Å²) in [5.41, 5.74) is 0.858. The van der Waals surface area contributed by atoms with Crippen molar-refractivity contribution in [1.29, 1.82) is 0 Å². The van der Waals surface area contributed by atoms with Crippen LogP contribution in [0.3, 0.4) is 0 Å². The molecule has 0 radical (unpaired) electrons. The van der Waals surface area contributed by atoms with Gasteiger partial charge in [0.05, 0.1) is 17.1 Å². The first-order chi connectivity index (χ1) is 10.7. The predicted octanol–water partition coefficient (Wildman–Crippen LogP) is 2.01. The summed E-state index contributed by atoms with van der Waals surface area (Å²) in [6.45, 7) is 3.37. The monoisotopic (exact) mass is 319 g/mol. The van der Waals surface area contributed by atoms with Gasteiger partial charge < -0.3 is 9.88 Å². The van der Waals surface area contributed by atoms with Crippen molar-refractivity contribution < 1.29 is 4.79 Å². The van der Waals surface area contributed by atoms with Gasteiger partial charge in [0.25, 0.3) is 0 Å². The van der Waals surface area contributed by atoms with E-state index in [2.05, 4.69) is 17.2 Å². The number of hydrogen-bond acceptors (Lipinski definition) is 4. The summed E-state index contributed by atoms with van der Waals surface area (Å²) in [6.07, 6.45) is 4.75. The number of carbonyl (C=O) groups is 1. The number of nitrogens with one attached hydrogen (secondary N) is 1. The number of carbonyl (C=O) groups excluding carboxylic acids is 1. The Bertz CT molecular complexity index is 663. The third-order valence-corrected chi connectivity index (χ3v) is 4.33. The van der Waals surface area contributed by atoms with E-state index in [1.807, 2.05) is 11.4 Å². The maximum atomic E-state index is 11.8. The SMILES string of the molecule is CCc1nc(CC(=O)NCCCCn2ccccc2=O)cs1. The van der Waals surface area contributed by atoms with Gasteiger partial charge in [0.15, 0.2) is 0 Å². The molecule has 118 valence electrons. The van der Waals surface area contributed by atoms with Crippen molar-refractivity contribution in [3.63, 3.8) is 0 Å². The standard InChI is InChI=1S/C16H21N3O2S/c1-2-15-18-13(12-22-15)11-14(20)17-8-4-6-10-19-9-5-3-7-16(19)21/h3,5,7,9,12H,2,4,6,8,10-11H2,1H3,(H,17,20). The van der Waals surface area contributed by atoms with Crippen molar-refractivity contribution in [1.82, 2.24) is 14.9 Å². The number of amides is 1. The van der Waals surface area contributed by atoms with Gasteiger partial charge in [-0.05, 0) is 25.3 Å². The lowest BCUT2D eigenvalue weighted by molar-refractivity contribution is -0.120. The number of unbranched alkanes of at least 4 members (excludes halogenated alkanes) is 1. The van der Waals surface area contributed by atoms with Gasteiger partial charge in [0, 0.05) is 30.7 Å². The largest absolute Gasteiger partial charge is 0.356 e. The minimum atomic E-state index is 0.00447. The Morgan fingerprint density at radius 3 is 2.95 bits per heavy atom. The lowest BCUT2D eigenvalue weighted by atomic mass is 10.2. The number of aromatic nitrogens is 2. The number of pyridine rings is 1. The highest BCUT2D eigenvalue weighted by atomic mass is 32.1. The van der Waals surface area contributed by atoms with Gasteiger partial charge in [-0.2, -0.15) is 0 Å². The first kappa shape index (κ1) is 16.4. The Morgan fingerprint density at radius 2 is 2.23 bits per heavy atom. The molecule has 1 N–H and O–H groups in total. The van der Waals surface area contributed by atoms with E-state index in [1.165, 1.54) is 0 Å². The van der Waals surface area contributed by atoms with Crippen LogP contribution in [0.5, 0.6) is 0 Å². The van der Waals surface area contributed by atoms with Crippen molar-refractivity contribution in [2.24, 2.45) is 0 Å². The van der Waals surface area contributed by atoms with Gasteiger partial charge in [0.2, 0.25) is 11.5 Å². The molecule has 2 aromatic heterocycles. The highest BCUT2D eigenvalue weighted by molar-refractivity contribution is 7.09. The van der Waals surface area contributed by atoms with Gasteiger partial charge in [-0.15, -0.1) is 11.3 Å². The summed E-state index contributed by atoms with van der Waals surface area (Å²) < 4.78 is 1.68. The molecule has 0 saturated heterocycles. The van der Waals surface area contributed by atoms with E-state index in [0.717, 1.165) is 30.0 Å². The third kappa shape index (κ3) is 5.11. The summed E-state index contributed by atoms with van der Waals surface area (Å²) in [7, 11) is 0. The molecule has 0 spiro atoms. The van der Waals surface area contributed by atoms with E-state index in [0.29, 0.717) is 19.5 Å². The van der Waals surface area contributed by atoms with Crippen molar-refractivity contribution in [2.75, 3.05) is 6.54 Å². The maximum absolute atomic E-state index is 11.8. The van der Waals surface area contributed by atoms with Crippen LogP contribution >= 0.6 is 11.3 Å². The van der Waals surface area contributed by atoms with Gasteiger partial charge in [-0.1, -0.05) is 13.0 Å². The zero-order chi connectivity index (χ0) is 15.8. The van der Waals surface area contributed by atoms with Crippen molar-refractivity contribution in [3.8, 4) is 0 Å². The Kier molecular flexibility index (Phi) is 6.33. The minimum absolute atomic E-state index is 0.00447. The van der Waals surface area contributed by atoms with Crippen LogP contribution < -0.4 is 10.9 Å². The van der Waals surface area contributed by atoms with E-state index in [4.69, 9.17) is 0 Å². The molecule has 0 bridgehead atoms. The zero-order valence-corrected chi connectivity index (χ0v) is 13.6. The van der Waals surface area contributed by atoms with Crippen LogP contribution in [0.4, 0.5) is 0 Å². The van der Waals surface area contributed by atoms with Crippen molar-refractivity contribution in [2.45, 2.75) is 39.2 Å². The smallest absolute Gasteiger partial charge is 0.250 e. The molecule has 0 aliphatic carbocycles. The Balaban J connectivity index is 1.63. The fraction of sp³-hybridized carbons (Fsp3) is 0.438. The summed E-state index contributed by atoms with van der Waals surface area (Å²) in [6, 6.07) is 5.14. The van der Waals surface area contributed by atoms with E-state index in [9.17, 15) is 9.59 Å². The van der Waals surface area contributed by atoms with Crippen LogP contribution in [0.2, 0.25) is 0 Å². The highest BCUT2D eigenvalue weighted by Gasteiger charge is 2.06. The summed E-state index contributed by atoms with van der Waals surface area (Å²) in [5.74, 6) is 0.00447. The van der Waals surface area contributed by atoms with Crippen LogP contribution in [0.1, 0.15) is 30.5 Å². The first-order valence-corrected chi connectivity index (χ1v) is 8.42. The molecule has 0 atom stereocenters. The second kappa shape index (κ2) is 8.48. The number of thiazole rings is 1. The van der Waals surface area contributed by atoms with Gasteiger partial charge >= 0.3 is 0 Å². The molecular weight excluding hydrogens is 298 g/mol. The molecule has 6 heteroatoms. The summed E-state index contributed by atoms with van der Waals surface area (Å²) in [4.78, 5) is 27.7. The average molecular weight is 319 g/mol. The second-order valence-electron chi connectivity index (χ2n) is 5.05. The maximum Gasteiger partial charge on any atom is 0.250 e. The third-order valence-electron chi connectivity index (χ3n) is 3.29. The highest BCUT2D eigenvalue weighted by Crippen LogP contribution is 2.10. The molecule has 0 fully saturated rings. The second-order valence-corrected chi connectivity index (χ2v) is 5.99. The molecule has 2 aromatic rings. The molecule has 22 heavy (non-hydrogen) atoms. The molecule has 2 rings (SSSR count). The molecule has 0 unspecified atom stereocenters. The summed E-state index contributed by atoms with van der Waals surface area (Å²) >= 11 is 1.60. The molecule has 0 aliphatic heterocycles. The molecule has 0 saturated carbocycles. The molecule has 1 amide bonds. The topological polar surface area (TPSA) is 64.0 Å². The predicted molar refractivity (Wildman–Crippen MR) is 88.1 cm³/mol. The van der Waals surface area contributed by atoms with E-state index in [-0.39, 0.29) is 11.5 Å². The molecule has 5 nitrogen and oxygen atoms in total. The Hall–Kier alpha value is -1.95. The van der Waals surface area contributed by atoms with Crippen molar-refractivity contribution in [3.05, 3.63) is 50.8 Å². The van der Waals surface area contributed by atoms with Crippen molar-refractivity contribution >= 4 is 17.2 Å².